The lowest BCUT2D eigenvalue weighted by atomic mass is 9.94. The zero-order chi connectivity index (χ0) is 14.2. The monoisotopic (exact) mass is 273 g/mol. The van der Waals surface area contributed by atoms with Crippen LogP contribution in [0.15, 0.2) is 12.1 Å². The van der Waals surface area contributed by atoms with Gasteiger partial charge < -0.3 is 10.1 Å². The number of amides is 1. The standard InChI is InChI=1S/C13H14F3NO2/c1-7-13(2,3-4-19-7)17-12(18)8-5-9(14)11(16)10(15)6-8/h5-7H,3-4H2,1-2H3,(H,17,18). The van der Waals surface area contributed by atoms with Gasteiger partial charge in [-0.3, -0.25) is 4.79 Å². The fourth-order valence-corrected chi connectivity index (χ4v) is 2.02. The van der Waals surface area contributed by atoms with Gasteiger partial charge in [0.2, 0.25) is 0 Å². The first kappa shape index (κ1) is 13.9. The number of benzene rings is 1. The van der Waals surface area contributed by atoms with Crippen LogP contribution in [0.2, 0.25) is 0 Å². The summed E-state index contributed by atoms with van der Waals surface area (Å²) in [6, 6.07) is 1.36. The molecule has 0 aromatic heterocycles. The maximum absolute atomic E-state index is 13.1. The van der Waals surface area contributed by atoms with Crippen molar-refractivity contribution in [1.82, 2.24) is 5.32 Å². The molecular weight excluding hydrogens is 259 g/mol. The molecule has 2 unspecified atom stereocenters. The smallest absolute Gasteiger partial charge is 0.252 e. The highest BCUT2D eigenvalue weighted by atomic mass is 19.2. The molecule has 1 amide bonds. The zero-order valence-electron chi connectivity index (χ0n) is 10.6. The van der Waals surface area contributed by atoms with Gasteiger partial charge in [-0.05, 0) is 32.4 Å². The van der Waals surface area contributed by atoms with E-state index in [4.69, 9.17) is 4.74 Å². The van der Waals surface area contributed by atoms with Gasteiger partial charge in [-0.15, -0.1) is 0 Å². The van der Waals surface area contributed by atoms with Gasteiger partial charge in [0.05, 0.1) is 11.6 Å². The maximum atomic E-state index is 13.1. The number of ether oxygens (including phenoxy) is 1. The molecule has 2 rings (SSSR count). The molecule has 0 radical (unpaired) electrons. The first-order valence-electron chi connectivity index (χ1n) is 5.92. The van der Waals surface area contributed by atoms with E-state index in [-0.39, 0.29) is 11.7 Å². The van der Waals surface area contributed by atoms with E-state index in [0.29, 0.717) is 25.2 Å². The minimum absolute atomic E-state index is 0.202. The predicted octanol–water partition coefficient (Wildman–Crippen LogP) is 2.40. The number of nitrogens with one attached hydrogen (secondary N) is 1. The van der Waals surface area contributed by atoms with Gasteiger partial charge >= 0.3 is 0 Å². The van der Waals surface area contributed by atoms with E-state index in [0.717, 1.165) is 0 Å². The SMILES string of the molecule is CC1OCCC1(C)NC(=O)c1cc(F)c(F)c(F)c1. The molecule has 0 bridgehead atoms. The van der Waals surface area contributed by atoms with Gasteiger partial charge in [-0.2, -0.15) is 0 Å². The maximum Gasteiger partial charge on any atom is 0.252 e. The zero-order valence-corrected chi connectivity index (χ0v) is 10.6. The summed E-state index contributed by atoms with van der Waals surface area (Å²) in [7, 11) is 0. The molecule has 2 atom stereocenters. The minimum Gasteiger partial charge on any atom is -0.376 e. The summed E-state index contributed by atoms with van der Waals surface area (Å²) in [5.74, 6) is -5.00. The number of hydrogen-bond acceptors (Lipinski definition) is 2. The van der Waals surface area contributed by atoms with Crippen LogP contribution >= 0.6 is 0 Å². The molecule has 19 heavy (non-hydrogen) atoms. The second-order valence-corrected chi connectivity index (χ2v) is 4.89. The summed E-state index contributed by atoms with van der Waals surface area (Å²) in [5, 5.41) is 2.68. The molecule has 0 aliphatic carbocycles. The van der Waals surface area contributed by atoms with Gasteiger partial charge in [-0.25, -0.2) is 13.2 Å². The van der Waals surface area contributed by atoms with Crippen LogP contribution in [0.25, 0.3) is 0 Å². The molecule has 0 spiro atoms. The van der Waals surface area contributed by atoms with E-state index >= 15 is 0 Å². The lowest BCUT2D eigenvalue weighted by Gasteiger charge is -2.28. The highest BCUT2D eigenvalue weighted by molar-refractivity contribution is 5.94. The van der Waals surface area contributed by atoms with E-state index in [1.165, 1.54) is 0 Å². The van der Waals surface area contributed by atoms with Crippen molar-refractivity contribution in [1.29, 1.82) is 0 Å². The average Bonchev–Trinajstić information content (AvgIpc) is 2.65. The Kier molecular flexibility index (Phi) is 3.54. The molecule has 1 fully saturated rings. The van der Waals surface area contributed by atoms with Crippen molar-refractivity contribution in [2.24, 2.45) is 0 Å². The third-order valence-corrected chi connectivity index (χ3v) is 3.53. The third kappa shape index (κ3) is 2.58. The van der Waals surface area contributed by atoms with E-state index in [1.807, 2.05) is 0 Å². The topological polar surface area (TPSA) is 38.3 Å². The lowest BCUT2D eigenvalue weighted by molar-refractivity contribution is 0.0726. The van der Waals surface area contributed by atoms with Gasteiger partial charge in [0.1, 0.15) is 0 Å². The molecule has 3 nitrogen and oxygen atoms in total. The summed E-state index contributed by atoms with van der Waals surface area (Å²) < 4.78 is 44.3. The molecule has 1 aliphatic rings. The van der Waals surface area contributed by atoms with Crippen molar-refractivity contribution < 1.29 is 22.7 Å². The summed E-state index contributed by atoms with van der Waals surface area (Å²) >= 11 is 0. The second-order valence-electron chi connectivity index (χ2n) is 4.89. The van der Waals surface area contributed by atoms with Crippen LogP contribution in [0.4, 0.5) is 13.2 Å². The molecule has 1 aliphatic heterocycles. The Balaban J connectivity index is 2.21. The Morgan fingerprint density at radius 1 is 1.37 bits per heavy atom. The molecular formula is C13H14F3NO2. The number of hydrogen-bond donors (Lipinski definition) is 1. The number of halogens is 3. The molecule has 1 heterocycles. The van der Waals surface area contributed by atoms with Crippen molar-refractivity contribution in [3.63, 3.8) is 0 Å². The normalized spacial score (nSPS) is 26.5. The van der Waals surface area contributed by atoms with Crippen molar-refractivity contribution >= 4 is 5.91 Å². The van der Waals surface area contributed by atoms with Crippen LogP contribution in [0.5, 0.6) is 0 Å². The Morgan fingerprint density at radius 2 is 1.95 bits per heavy atom. The van der Waals surface area contributed by atoms with Crippen LogP contribution < -0.4 is 5.32 Å². The minimum atomic E-state index is -1.58. The van der Waals surface area contributed by atoms with Gasteiger partial charge in [-0.1, -0.05) is 0 Å². The molecule has 1 aromatic rings. The van der Waals surface area contributed by atoms with Crippen molar-refractivity contribution in [2.75, 3.05) is 6.61 Å². The van der Waals surface area contributed by atoms with E-state index < -0.39 is 28.9 Å². The summed E-state index contributed by atoms with van der Waals surface area (Å²) in [5.41, 5.74) is -0.852. The average molecular weight is 273 g/mol. The molecule has 6 heteroatoms. The Morgan fingerprint density at radius 3 is 2.42 bits per heavy atom. The quantitative estimate of drug-likeness (QED) is 0.840. The van der Waals surface area contributed by atoms with Crippen LogP contribution in [0.1, 0.15) is 30.6 Å². The Bertz CT molecular complexity index is 498. The summed E-state index contributed by atoms with van der Waals surface area (Å²) in [4.78, 5) is 11.9. The molecule has 1 N–H and O–H groups in total. The predicted molar refractivity (Wildman–Crippen MR) is 62.2 cm³/mol. The van der Waals surface area contributed by atoms with Gasteiger partial charge in [0.15, 0.2) is 17.5 Å². The first-order chi connectivity index (χ1) is 8.83. The highest BCUT2D eigenvalue weighted by Crippen LogP contribution is 2.25. The molecule has 0 saturated carbocycles. The number of carbonyl (C=O) groups excluding carboxylic acids is 1. The molecule has 104 valence electrons. The largest absolute Gasteiger partial charge is 0.376 e. The second kappa shape index (κ2) is 4.85. The fraction of sp³-hybridized carbons (Fsp3) is 0.462. The Labute approximate surface area is 108 Å². The first-order valence-corrected chi connectivity index (χ1v) is 5.92. The highest BCUT2D eigenvalue weighted by Gasteiger charge is 2.38. The number of carbonyl (C=O) groups is 1. The van der Waals surface area contributed by atoms with Crippen LogP contribution in [-0.2, 0) is 4.74 Å². The molecule has 1 saturated heterocycles. The van der Waals surface area contributed by atoms with E-state index in [9.17, 15) is 18.0 Å². The van der Waals surface area contributed by atoms with Gasteiger partial charge in [0.25, 0.3) is 5.91 Å². The summed E-state index contributed by atoms with van der Waals surface area (Å²) in [6.07, 6.45) is 0.401. The van der Waals surface area contributed by atoms with Crippen molar-refractivity contribution in [3.8, 4) is 0 Å². The lowest BCUT2D eigenvalue weighted by Crippen LogP contribution is -2.50. The summed E-state index contributed by atoms with van der Waals surface area (Å²) in [6.45, 7) is 4.10. The van der Waals surface area contributed by atoms with Gasteiger partial charge in [0, 0.05) is 12.2 Å². The fourth-order valence-electron chi connectivity index (χ4n) is 2.02. The Hall–Kier alpha value is -1.56. The van der Waals surface area contributed by atoms with Crippen LogP contribution in [-0.4, -0.2) is 24.2 Å². The molecule has 1 aromatic carbocycles. The van der Waals surface area contributed by atoms with E-state index in [1.54, 1.807) is 13.8 Å². The van der Waals surface area contributed by atoms with E-state index in [2.05, 4.69) is 5.32 Å². The van der Waals surface area contributed by atoms with Crippen LogP contribution in [0.3, 0.4) is 0 Å². The number of rotatable bonds is 2. The third-order valence-electron chi connectivity index (χ3n) is 3.53. The van der Waals surface area contributed by atoms with Crippen LogP contribution in [0, 0.1) is 17.5 Å². The van der Waals surface area contributed by atoms with Crippen molar-refractivity contribution in [2.45, 2.75) is 31.9 Å². The van der Waals surface area contributed by atoms with Crippen molar-refractivity contribution in [3.05, 3.63) is 35.1 Å².